The number of hydrogen-bond acceptors (Lipinski definition) is 4. The van der Waals surface area contributed by atoms with Gasteiger partial charge in [-0.25, -0.2) is 15.0 Å². The van der Waals surface area contributed by atoms with Crippen molar-refractivity contribution in [2.75, 3.05) is 0 Å². The van der Waals surface area contributed by atoms with Gasteiger partial charge < -0.3 is 0 Å². The van der Waals surface area contributed by atoms with E-state index in [9.17, 15) is 5.26 Å². The molecule has 0 radical (unpaired) electrons. The van der Waals surface area contributed by atoms with Gasteiger partial charge in [-0.3, -0.25) is 0 Å². The fraction of sp³-hybridized carbons (Fsp3) is 0.167. The van der Waals surface area contributed by atoms with Gasteiger partial charge in [0.05, 0.1) is 11.6 Å². The number of benzene rings is 8. The molecule has 1 aromatic heterocycles. The molecule has 4 saturated carbocycles. The first-order valence-corrected chi connectivity index (χ1v) is 22.9. The van der Waals surface area contributed by atoms with Crippen LogP contribution in [0, 0.1) is 35.0 Å². The monoisotopic (exact) mass is 820 g/mol. The van der Waals surface area contributed by atoms with Crippen molar-refractivity contribution in [1.82, 2.24) is 15.0 Å². The summed E-state index contributed by atoms with van der Waals surface area (Å²) < 4.78 is 0. The summed E-state index contributed by atoms with van der Waals surface area (Å²) in [5.74, 6) is 5.03. The lowest BCUT2D eigenvalue weighted by Gasteiger charge is -2.61. The van der Waals surface area contributed by atoms with Gasteiger partial charge in [0.2, 0.25) is 0 Å². The van der Waals surface area contributed by atoms with Crippen molar-refractivity contribution in [1.29, 1.82) is 5.26 Å². The van der Waals surface area contributed by atoms with Gasteiger partial charge in [-0.2, -0.15) is 5.26 Å². The topological polar surface area (TPSA) is 62.5 Å². The summed E-state index contributed by atoms with van der Waals surface area (Å²) in [6, 6.07) is 67.5. The molecule has 4 fully saturated rings. The van der Waals surface area contributed by atoms with Crippen LogP contribution in [0.4, 0.5) is 0 Å². The molecule has 4 nitrogen and oxygen atoms in total. The highest BCUT2D eigenvalue weighted by Crippen LogP contribution is 2.70. The Balaban J connectivity index is 0.924. The van der Waals surface area contributed by atoms with E-state index in [4.69, 9.17) is 15.0 Å². The van der Waals surface area contributed by atoms with Gasteiger partial charge in [0.1, 0.15) is 0 Å². The Morgan fingerprint density at radius 3 is 1.55 bits per heavy atom. The second kappa shape index (κ2) is 14.5. The van der Waals surface area contributed by atoms with E-state index in [2.05, 4.69) is 109 Å². The molecule has 0 aliphatic heterocycles. The number of rotatable bonds is 6. The van der Waals surface area contributed by atoms with E-state index in [0.717, 1.165) is 50.6 Å². The molecule has 1 heterocycles. The second-order valence-electron chi connectivity index (χ2n) is 18.7. The van der Waals surface area contributed by atoms with Crippen molar-refractivity contribution in [3.05, 3.63) is 199 Å². The van der Waals surface area contributed by atoms with E-state index in [-0.39, 0.29) is 5.41 Å². The number of nitriles is 1. The molecule has 0 N–H and O–H groups in total. The third-order valence-corrected chi connectivity index (χ3v) is 15.3. The summed E-state index contributed by atoms with van der Waals surface area (Å²) in [7, 11) is 0. The zero-order valence-electron chi connectivity index (χ0n) is 35.5. The van der Waals surface area contributed by atoms with Gasteiger partial charge in [-0.05, 0) is 146 Å². The van der Waals surface area contributed by atoms with Crippen molar-refractivity contribution in [2.24, 2.45) is 23.7 Å². The normalized spacial score (nSPS) is 21.2. The fourth-order valence-electron chi connectivity index (χ4n) is 12.8. The molecule has 8 aromatic carbocycles. The summed E-state index contributed by atoms with van der Waals surface area (Å²) in [5.41, 5.74) is 16.2. The highest BCUT2D eigenvalue weighted by Gasteiger charge is 2.61. The first kappa shape index (κ1) is 37.1. The van der Waals surface area contributed by atoms with Gasteiger partial charge >= 0.3 is 0 Å². The van der Waals surface area contributed by atoms with Gasteiger partial charge in [-0.15, -0.1) is 0 Å². The Bertz CT molecular complexity index is 3260. The van der Waals surface area contributed by atoms with Crippen molar-refractivity contribution in [3.8, 4) is 84.7 Å². The van der Waals surface area contributed by atoms with E-state index in [1.807, 2.05) is 78.9 Å². The first-order chi connectivity index (χ1) is 31.6. The predicted molar refractivity (Wildman–Crippen MR) is 258 cm³/mol. The lowest BCUT2D eigenvalue weighted by molar-refractivity contribution is -0.0399. The highest BCUT2D eigenvalue weighted by atomic mass is 15.0. The minimum atomic E-state index is 0.0320. The lowest BCUT2D eigenvalue weighted by atomic mass is 9.43. The summed E-state index contributed by atoms with van der Waals surface area (Å²) in [5, 5.41) is 12.8. The fourth-order valence-corrected chi connectivity index (χ4v) is 12.8. The Hall–Kier alpha value is -7.48. The lowest BCUT2D eigenvalue weighted by Crippen LogP contribution is -2.55. The highest BCUT2D eigenvalue weighted by molar-refractivity contribution is 5.97. The molecule has 0 atom stereocenters. The van der Waals surface area contributed by atoms with Crippen LogP contribution in [0.1, 0.15) is 48.8 Å². The molecule has 4 bridgehead atoms. The number of fused-ring (bicyclic) bond motifs is 4. The van der Waals surface area contributed by atoms with Crippen molar-refractivity contribution in [2.45, 2.75) is 37.5 Å². The van der Waals surface area contributed by atoms with Crippen LogP contribution in [0.2, 0.25) is 0 Å². The quantitative estimate of drug-likeness (QED) is 0.168. The van der Waals surface area contributed by atoms with E-state index in [1.165, 1.54) is 76.4 Å². The predicted octanol–water partition coefficient (Wildman–Crippen LogP) is 14.6. The smallest absolute Gasteiger partial charge is 0.164 e. The molecule has 304 valence electrons. The standard InChI is InChI=1S/C60H44N4/c61-36-48-34-46(23-25-51(48)39-11-4-1-5-12-39)52-17-10-18-55-56(52)53-35-45(24-26-54(53)60(55)49-28-37-27-38(30-49)31-50(60)29-37)43-19-20-44-33-47(22-21-42(44)32-43)59-63-57(40-13-6-2-7-14-40)62-58(64-59)41-15-8-3-9-16-41/h1-26,32-35,37-38,49-50H,27-31H2. The SMILES string of the molecule is N#Cc1cc(-c2cccc3c2-c2cc(-c4ccc5cc(-c6nc(-c7ccccc7)nc(-c7ccccc7)n6)ccc5c4)ccc2C32C3CC4CC(C3)CC2C4)ccc1-c1ccccc1. The minimum absolute atomic E-state index is 0.0320. The molecule has 0 saturated heterocycles. The maximum Gasteiger partial charge on any atom is 0.164 e. The molecule has 1 spiro atoms. The van der Waals surface area contributed by atoms with Crippen molar-refractivity contribution < 1.29 is 0 Å². The van der Waals surface area contributed by atoms with E-state index >= 15 is 0 Å². The first-order valence-electron chi connectivity index (χ1n) is 22.9. The zero-order chi connectivity index (χ0) is 42.4. The summed E-state index contributed by atoms with van der Waals surface area (Å²) in [4.78, 5) is 14.9. The number of aromatic nitrogens is 3. The van der Waals surface area contributed by atoms with E-state index in [0.29, 0.717) is 34.9 Å². The molecule has 5 aliphatic carbocycles. The molecule has 4 heteroatoms. The van der Waals surface area contributed by atoms with Crippen LogP contribution in [0.25, 0.3) is 89.4 Å². The van der Waals surface area contributed by atoms with E-state index in [1.54, 1.807) is 0 Å². The molecule has 64 heavy (non-hydrogen) atoms. The van der Waals surface area contributed by atoms with Crippen LogP contribution in [0.3, 0.4) is 0 Å². The summed E-state index contributed by atoms with van der Waals surface area (Å²) >= 11 is 0. The Labute approximate surface area is 374 Å². The second-order valence-corrected chi connectivity index (χ2v) is 18.7. The average molecular weight is 821 g/mol. The third-order valence-electron chi connectivity index (χ3n) is 15.3. The zero-order valence-corrected chi connectivity index (χ0v) is 35.5. The van der Waals surface area contributed by atoms with Crippen LogP contribution in [-0.4, -0.2) is 15.0 Å². The molecule has 9 aromatic rings. The van der Waals surface area contributed by atoms with Crippen molar-refractivity contribution >= 4 is 10.8 Å². The van der Waals surface area contributed by atoms with Gasteiger partial charge in [0.15, 0.2) is 17.5 Å². The van der Waals surface area contributed by atoms with Crippen LogP contribution >= 0.6 is 0 Å². The van der Waals surface area contributed by atoms with Gasteiger partial charge in [-0.1, -0.05) is 158 Å². The Morgan fingerprint density at radius 1 is 0.391 bits per heavy atom. The summed E-state index contributed by atoms with van der Waals surface area (Å²) in [6.45, 7) is 0. The number of nitrogens with zero attached hydrogens (tertiary/aromatic N) is 4. The van der Waals surface area contributed by atoms with Gasteiger partial charge in [0, 0.05) is 22.1 Å². The maximum atomic E-state index is 10.5. The van der Waals surface area contributed by atoms with Crippen LogP contribution in [-0.2, 0) is 5.41 Å². The third kappa shape index (κ3) is 5.77. The molecule has 0 unspecified atom stereocenters. The summed E-state index contributed by atoms with van der Waals surface area (Å²) in [6.07, 6.45) is 6.76. The van der Waals surface area contributed by atoms with Crippen molar-refractivity contribution in [3.63, 3.8) is 0 Å². The maximum absolute atomic E-state index is 10.5. The molecular weight excluding hydrogens is 777 g/mol. The average Bonchev–Trinajstić information content (AvgIpc) is 3.65. The van der Waals surface area contributed by atoms with E-state index < -0.39 is 0 Å². The molecule has 14 rings (SSSR count). The molecular formula is C60H44N4. The van der Waals surface area contributed by atoms with Crippen LogP contribution in [0.15, 0.2) is 182 Å². The van der Waals surface area contributed by atoms with Gasteiger partial charge in [0.25, 0.3) is 0 Å². The minimum Gasteiger partial charge on any atom is -0.208 e. The molecule has 0 amide bonds. The Morgan fingerprint density at radius 2 is 0.922 bits per heavy atom. The largest absolute Gasteiger partial charge is 0.208 e. The number of hydrogen-bond donors (Lipinski definition) is 0. The van der Waals surface area contributed by atoms with Crippen LogP contribution < -0.4 is 0 Å². The van der Waals surface area contributed by atoms with Crippen LogP contribution in [0.5, 0.6) is 0 Å². The molecule has 5 aliphatic rings. The Kier molecular flexibility index (Phi) is 8.43.